The maximum atomic E-state index is 5.40. The molecule has 1 heterocycles. The quantitative estimate of drug-likeness (QED) is 0.479. The van der Waals surface area contributed by atoms with E-state index >= 15 is 0 Å². The largest absolute Gasteiger partial charge is 0.350 e. The van der Waals surface area contributed by atoms with Gasteiger partial charge in [0.1, 0.15) is 0 Å². The van der Waals surface area contributed by atoms with Crippen LogP contribution >= 0.6 is 0 Å². The Labute approximate surface area is 61.8 Å². The molecule has 0 bridgehead atoms. The van der Waals surface area contributed by atoms with E-state index in [0.717, 1.165) is 13.0 Å². The molecule has 0 fully saturated rings. The summed E-state index contributed by atoms with van der Waals surface area (Å²) in [6, 6.07) is 0. The van der Waals surface area contributed by atoms with Gasteiger partial charge in [0.25, 0.3) is 0 Å². The summed E-state index contributed by atoms with van der Waals surface area (Å²) < 4.78 is 10.8. The average Bonchev–Trinajstić information content (AvgIpc) is 1.81. The predicted molar refractivity (Wildman–Crippen MR) is 39.7 cm³/mol. The topological polar surface area (TPSA) is 18.5 Å². The van der Waals surface area contributed by atoms with Crippen molar-refractivity contribution in [3.05, 3.63) is 12.2 Å². The fourth-order valence-electron chi connectivity index (χ4n) is 0.849. The fourth-order valence-corrected chi connectivity index (χ4v) is 0.849. The summed E-state index contributed by atoms with van der Waals surface area (Å²) in [6.45, 7) is 5.29. The highest BCUT2D eigenvalue weighted by molar-refractivity contribution is 4.83. The van der Waals surface area contributed by atoms with Gasteiger partial charge < -0.3 is 9.47 Å². The third-order valence-corrected chi connectivity index (χ3v) is 1.43. The lowest BCUT2D eigenvalue weighted by Gasteiger charge is -2.25. The highest BCUT2D eigenvalue weighted by Crippen LogP contribution is 2.13. The molecular formula is C8H14O2. The second-order valence-electron chi connectivity index (χ2n) is 2.82. The first-order valence-corrected chi connectivity index (χ1v) is 3.64. The van der Waals surface area contributed by atoms with Crippen LogP contribution in [0.4, 0.5) is 0 Å². The lowest BCUT2D eigenvalue weighted by atomic mass is 10.3. The molecule has 1 rings (SSSR count). The Hall–Kier alpha value is -0.340. The van der Waals surface area contributed by atoms with E-state index in [-0.39, 0.29) is 0 Å². The van der Waals surface area contributed by atoms with Crippen molar-refractivity contribution in [3.8, 4) is 0 Å². The molecule has 2 nitrogen and oxygen atoms in total. The standard InChI is InChI=1S/C8H14O2/c1-8(2)9-6-4-3-5-7-10-8/h3-4H,5-7H2,1-2H3/b4-3-. The van der Waals surface area contributed by atoms with Gasteiger partial charge in [0, 0.05) is 0 Å². The van der Waals surface area contributed by atoms with Crippen molar-refractivity contribution in [1.82, 2.24) is 0 Å². The van der Waals surface area contributed by atoms with E-state index in [0.29, 0.717) is 6.61 Å². The summed E-state index contributed by atoms with van der Waals surface area (Å²) in [5.74, 6) is -0.398. The minimum atomic E-state index is -0.398. The van der Waals surface area contributed by atoms with Crippen LogP contribution in [0.2, 0.25) is 0 Å². The lowest BCUT2D eigenvalue weighted by Crippen LogP contribution is -2.29. The zero-order chi connectivity index (χ0) is 7.45. The average molecular weight is 142 g/mol. The van der Waals surface area contributed by atoms with E-state index in [1.807, 2.05) is 19.9 Å². The number of hydrogen-bond acceptors (Lipinski definition) is 2. The van der Waals surface area contributed by atoms with Crippen LogP contribution in [0.25, 0.3) is 0 Å². The van der Waals surface area contributed by atoms with E-state index in [4.69, 9.17) is 9.47 Å². The highest BCUT2D eigenvalue weighted by Gasteiger charge is 2.17. The van der Waals surface area contributed by atoms with Crippen molar-refractivity contribution in [1.29, 1.82) is 0 Å². The minimum Gasteiger partial charge on any atom is -0.350 e. The Morgan fingerprint density at radius 1 is 1.20 bits per heavy atom. The van der Waals surface area contributed by atoms with Crippen LogP contribution in [0.15, 0.2) is 12.2 Å². The van der Waals surface area contributed by atoms with Gasteiger partial charge in [-0.3, -0.25) is 0 Å². The van der Waals surface area contributed by atoms with Gasteiger partial charge in [-0.15, -0.1) is 0 Å². The predicted octanol–water partition coefficient (Wildman–Crippen LogP) is 1.72. The Bertz CT molecular complexity index is 127. The normalized spacial score (nSPS) is 28.6. The molecule has 1 aliphatic heterocycles. The first-order valence-electron chi connectivity index (χ1n) is 3.64. The van der Waals surface area contributed by atoms with Crippen molar-refractivity contribution < 1.29 is 9.47 Å². The SMILES string of the molecule is CC1(C)OC/C=C\CCO1. The molecule has 0 N–H and O–H groups in total. The molecular weight excluding hydrogens is 128 g/mol. The molecule has 0 aromatic carbocycles. The molecule has 0 radical (unpaired) electrons. The van der Waals surface area contributed by atoms with Crippen molar-refractivity contribution in [2.45, 2.75) is 26.1 Å². The van der Waals surface area contributed by atoms with Crippen LogP contribution in [-0.2, 0) is 9.47 Å². The van der Waals surface area contributed by atoms with Gasteiger partial charge >= 0.3 is 0 Å². The monoisotopic (exact) mass is 142 g/mol. The first kappa shape index (κ1) is 7.76. The highest BCUT2D eigenvalue weighted by atomic mass is 16.7. The molecule has 58 valence electrons. The molecule has 0 saturated carbocycles. The summed E-state index contributed by atoms with van der Waals surface area (Å²) in [5.41, 5.74) is 0. The molecule has 2 heteroatoms. The lowest BCUT2D eigenvalue weighted by molar-refractivity contribution is -0.207. The Kier molecular flexibility index (Phi) is 2.46. The van der Waals surface area contributed by atoms with Crippen molar-refractivity contribution >= 4 is 0 Å². The third-order valence-electron chi connectivity index (χ3n) is 1.43. The van der Waals surface area contributed by atoms with Gasteiger partial charge in [0.05, 0.1) is 13.2 Å². The maximum absolute atomic E-state index is 5.40. The molecule has 0 aromatic rings. The molecule has 1 aliphatic rings. The van der Waals surface area contributed by atoms with E-state index in [1.165, 1.54) is 0 Å². The number of ether oxygens (including phenoxy) is 2. The zero-order valence-corrected chi connectivity index (χ0v) is 6.59. The summed E-state index contributed by atoms with van der Waals surface area (Å²) in [5, 5.41) is 0. The van der Waals surface area contributed by atoms with Crippen LogP contribution in [-0.4, -0.2) is 19.0 Å². The molecule has 0 saturated heterocycles. The van der Waals surface area contributed by atoms with Crippen molar-refractivity contribution in [3.63, 3.8) is 0 Å². The Morgan fingerprint density at radius 2 is 2.00 bits per heavy atom. The van der Waals surface area contributed by atoms with Crippen LogP contribution in [0.1, 0.15) is 20.3 Å². The summed E-state index contributed by atoms with van der Waals surface area (Å²) in [7, 11) is 0. The van der Waals surface area contributed by atoms with Gasteiger partial charge in [-0.25, -0.2) is 0 Å². The van der Waals surface area contributed by atoms with Gasteiger partial charge in [0.2, 0.25) is 0 Å². The second kappa shape index (κ2) is 3.17. The molecule has 0 atom stereocenters. The molecule has 10 heavy (non-hydrogen) atoms. The van der Waals surface area contributed by atoms with Gasteiger partial charge in [-0.05, 0) is 20.3 Å². The van der Waals surface area contributed by atoms with E-state index in [9.17, 15) is 0 Å². The van der Waals surface area contributed by atoms with Crippen LogP contribution in [0.3, 0.4) is 0 Å². The second-order valence-corrected chi connectivity index (χ2v) is 2.82. The van der Waals surface area contributed by atoms with Crippen LogP contribution in [0, 0.1) is 0 Å². The van der Waals surface area contributed by atoms with Crippen molar-refractivity contribution in [2.24, 2.45) is 0 Å². The van der Waals surface area contributed by atoms with Crippen LogP contribution < -0.4 is 0 Å². The zero-order valence-electron chi connectivity index (χ0n) is 6.59. The minimum absolute atomic E-state index is 0.398. The van der Waals surface area contributed by atoms with E-state index < -0.39 is 5.79 Å². The molecule has 0 unspecified atom stereocenters. The molecule has 0 aromatic heterocycles. The number of rotatable bonds is 0. The smallest absolute Gasteiger partial charge is 0.163 e. The fraction of sp³-hybridized carbons (Fsp3) is 0.750. The molecule has 0 aliphatic carbocycles. The molecule has 0 amide bonds. The van der Waals surface area contributed by atoms with E-state index in [2.05, 4.69) is 6.08 Å². The molecule has 0 spiro atoms. The summed E-state index contributed by atoms with van der Waals surface area (Å²) in [6.07, 6.45) is 5.10. The van der Waals surface area contributed by atoms with Gasteiger partial charge in [-0.2, -0.15) is 0 Å². The maximum Gasteiger partial charge on any atom is 0.163 e. The summed E-state index contributed by atoms with van der Waals surface area (Å²) in [4.78, 5) is 0. The van der Waals surface area contributed by atoms with Gasteiger partial charge in [0.15, 0.2) is 5.79 Å². The summed E-state index contributed by atoms with van der Waals surface area (Å²) >= 11 is 0. The Morgan fingerprint density at radius 3 is 2.80 bits per heavy atom. The third kappa shape index (κ3) is 2.50. The van der Waals surface area contributed by atoms with E-state index in [1.54, 1.807) is 0 Å². The van der Waals surface area contributed by atoms with Crippen LogP contribution in [0.5, 0.6) is 0 Å². The van der Waals surface area contributed by atoms with Crippen molar-refractivity contribution in [2.75, 3.05) is 13.2 Å². The Balaban J connectivity index is 2.43. The number of hydrogen-bond donors (Lipinski definition) is 0. The van der Waals surface area contributed by atoms with Gasteiger partial charge in [-0.1, -0.05) is 12.2 Å². The first-order chi connectivity index (χ1) is 4.71.